The van der Waals surface area contributed by atoms with Crippen LogP contribution in [0.4, 0.5) is 0 Å². The van der Waals surface area contributed by atoms with Gasteiger partial charge < -0.3 is 0 Å². The van der Waals surface area contributed by atoms with Crippen molar-refractivity contribution in [1.82, 2.24) is 24.9 Å². The summed E-state index contributed by atoms with van der Waals surface area (Å²) in [5.41, 5.74) is 9.64. The van der Waals surface area contributed by atoms with Gasteiger partial charge >= 0.3 is 0 Å². The lowest BCUT2D eigenvalue weighted by Gasteiger charge is -2.13. The molecule has 0 aliphatic carbocycles. The van der Waals surface area contributed by atoms with Crippen LogP contribution in [0.3, 0.4) is 0 Å². The van der Waals surface area contributed by atoms with E-state index in [1.807, 2.05) is 84.9 Å². The number of rotatable bonds is 7. The normalized spacial score (nSPS) is 11.1. The maximum Gasteiger partial charge on any atom is 0.164 e. The molecule has 0 aliphatic rings. The molecule has 7 aromatic carbocycles. The second-order valence-corrected chi connectivity index (χ2v) is 12.6. The summed E-state index contributed by atoms with van der Waals surface area (Å²) >= 11 is 0. The van der Waals surface area contributed by atoms with Crippen LogP contribution in [-0.4, -0.2) is 24.9 Å². The van der Waals surface area contributed by atoms with Gasteiger partial charge in [-0.25, -0.2) is 24.9 Å². The fourth-order valence-electron chi connectivity index (χ4n) is 6.49. The molecule has 5 heteroatoms. The van der Waals surface area contributed by atoms with Crippen molar-refractivity contribution < 1.29 is 0 Å². The molecule has 0 N–H and O–H groups in total. The molecule has 0 unspecified atom stereocenters. The van der Waals surface area contributed by atoms with Gasteiger partial charge in [0.1, 0.15) is 0 Å². The van der Waals surface area contributed by atoms with E-state index in [9.17, 15) is 0 Å². The average Bonchev–Trinajstić information content (AvgIpc) is 3.24. The second-order valence-electron chi connectivity index (χ2n) is 12.6. The van der Waals surface area contributed by atoms with Crippen LogP contribution in [-0.2, 0) is 0 Å². The molecule has 0 atom stereocenters. The van der Waals surface area contributed by atoms with Crippen molar-refractivity contribution in [3.05, 3.63) is 188 Å². The zero-order valence-corrected chi connectivity index (χ0v) is 28.1. The molecule has 0 fully saturated rings. The van der Waals surface area contributed by atoms with Crippen molar-refractivity contribution in [2.75, 3.05) is 0 Å². The Morgan fingerprint density at radius 1 is 0.231 bits per heavy atom. The van der Waals surface area contributed by atoms with Gasteiger partial charge in [0.05, 0.1) is 11.4 Å². The third kappa shape index (κ3) is 6.23. The molecule has 9 rings (SSSR count). The zero-order chi connectivity index (χ0) is 34.7. The molecule has 0 saturated heterocycles. The molecule has 244 valence electrons. The van der Waals surface area contributed by atoms with Gasteiger partial charge in [0.15, 0.2) is 23.3 Å². The van der Waals surface area contributed by atoms with Crippen molar-refractivity contribution in [1.29, 1.82) is 0 Å². The Morgan fingerprint density at radius 2 is 0.654 bits per heavy atom. The van der Waals surface area contributed by atoms with Gasteiger partial charge in [0.2, 0.25) is 0 Å². The van der Waals surface area contributed by atoms with Gasteiger partial charge in [-0.2, -0.15) is 0 Å². The Bertz CT molecular complexity index is 2600. The highest BCUT2D eigenvalue weighted by Gasteiger charge is 2.16. The van der Waals surface area contributed by atoms with Gasteiger partial charge in [-0.05, 0) is 34.0 Å². The van der Waals surface area contributed by atoms with Crippen LogP contribution < -0.4 is 0 Å². The largest absolute Gasteiger partial charge is 0.228 e. The monoisotopic (exact) mass is 665 g/mol. The molecule has 2 heterocycles. The van der Waals surface area contributed by atoms with Crippen molar-refractivity contribution in [2.24, 2.45) is 0 Å². The van der Waals surface area contributed by atoms with E-state index in [0.717, 1.165) is 61.3 Å². The smallest absolute Gasteiger partial charge is 0.164 e. The van der Waals surface area contributed by atoms with Gasteiger partial charge in [0, 0.05) is 33.4 Å². The molecule has 9 aromatic rings. The van der Waals surface area contributed by atoms with Crippen LogP contribution >= 0.6 is 0 Å². The third-order valence-corrected chi connectivity index (χ3v) is 9.16. The van der Waals surface area contributed by atoms with Crippen LogP contribution in [0.5, 0.6) is 0 Å². The zero-order valence-electron chi connectivity index (χ0n) is 28.1. The summed E-state index contributed by atoms with van der Waals surface area (Å²) in [7, 11) is 0. The van der Waals surface area contributed by atoms with Gasteiger partial charge in [-0.1, -0.05) is 176 Å². The number of nitrogens with zero attached hydrogens (tertiary/aromatic N) is 5. The van der Waals surface area contributed by atoms with Gasteiger partial charge in [-0.15, -0.1) is 0 Å². The van der Waals surface area contributed by atoms with Crippen LogP contribution in [0.15, 0.2) is 188 Å². The first kappa shape index (κ1) is 30.9. The molecular formula is C47H31N5. The number of hydrogen-bond acceptors (Lipinski definition) is 5. The predicted octanol–water partition coefficient (Wildman–Crippen LogP) is 11.5. The minimum Gasteiger partial charge on any atom is -0.228 e. The van der Waals surface area contributed by atoms with Crippen LogP contribution in [0.1, 0.15) is 0 Å². The van der Waals surface area contributed by atoms with E-state index in [0.29, 0.717) is 23.3 Å². The summed E-state index contributed by atoms with van der Waals surface area (Å²) in [6.45, 7) is 0. The highest BCUT2D eigenvalue weighted by atomic mass is 15.0. The molecule has 0 bridgehead atoms. The van der Waals surface area contributed by atoms with E-state index >= 15 is 0 Å². The Hall–Kier alpha value is -7.11. The molecule has 0 aliphatic heterocycles. The maximum absolute atomic E-state index is 5.11. The molecule has 2 aromatic heterocycles. The number of benzene rings is 7. The van der Waals surface area contributed by atoms with Crippen LogP contribution in [0, 0.1) is 0 Å². The predicted molar refractivity (Wildman–Crippen MR) is 211 cm³/mol. The maximum atomic E-state index is 5.11. The number of fused-ring (bicyclic) bond motifs is 1. The Kier molecular flexibility index (Phi) is 8.12. The first-order chi connectivity index (χ1) is 25.7. The first-order valence-corrected chi connectivity index (χ1v) is 17.3. The first-order valence-electron chi connectivity index (χ1n) is 17.3. The van der Waals surface area contributed by atoms with Gasteiger partial charge in [0.25, 0.3) is 0 Å². The lowest BCUT2D eigenvalue weighted by molar-refractivity contribution is 1.07. The minimum absolute atomic E-state index is 0.621. The Balaban J connectivity index is 1.13. The van der Waals surface area contributed by atoms with Gasteiger partial charge in [-0.3, -0.25) is 0 Å². The minimum atomic E-state index is 0.621. The third-order valence-electron chi connectivity index (χ3n) is 9.16. The van der Waals surface area contributed by atoms with Crippen molar-refractivity contribution in [3.63, 3.8) is 0 Å². The van der Waals surface area contributed by atoms with Crippen molar-refractivity contribution in [3.8, 4) is 79.2 Å². The molecule has 0 radical (unpaired) electrons. The fraction of sp³-hybridized carbons (Fsp3) is 0. The molecular weight excluding hydrogens is 635 g/mol. The highest BCUT2D eigenvalue weighted by Crippen LogP contribution is 2.35. The fourth-order valence-corrected chi connectivity index (χ4v) is 6.49. The summed E-state index contributed by atoms with van der Waals surface area (Å²) < 4.78 is 0. The molecule has 52 heavy (non-hydrogen) atoms. The number of hydrogen-bond donors (Lipinski definition) is 0. The Labute approximate surface area is 302 Å². The van der Waals surface area contributed by atoms with Crippen molar-refractivity contribution >= 4 is 10.8 Å². The average molecular weight is 666 g/mol. The lowest BCUT2D eigenvalue weighted by Crippen LogP contribution is -2.01. The van der Waals surface area contributed by atoms with E-state index in [2.05, 4.69) is 103 Å². The molecule has 0 saturated carbocycles. The lowest BCUT2D eigenvalue weighted by atomic mass is 9.97. The summed E-state index contributed by atoms with van der Waals surface area (Å²) in [4.78, 5) is 25.1. The Morgan fingerprint density at radius 3 is 1.27 bits per heavy atom. The summed E-state index contributed by atoms with van der Waals surface area (Å²) in [6, 6.07) is 64.0. The van der Waals surface area contributed by atoms with E-state index in [1.165, 1.54) is 5.39 Å². The topological polar surface area (TPSA) is 64.5 Å². The highest BCUT2D eigenvalue weighted by molar-refractivity contribution is 5.87. The molecule has 0 spiro atoms. The van der Waals surface area contributed by atoms with Crippen LogP contribution in [0.2, 0.25) is 0 Å². The molecule has 5 nitrogen and oxygen atoms in total. The summed E-state index contributed by atoms with van der Waals surface area (Å²) in [5, 5.41) is 2.34. The second kappa shape index (κ2) is 13.7. The van der Waals surface area contributed by atoms with E-state index < -0.39 is 0 Å². The SMILES string of the molecule is c1ccc(-c2cc(-c3ccc(-c4ccccc4-c4nc(-c5ccccc5)nc(-c5ccccc5)n4)cc3)nc(-c3ccc4ccccc4c3)n2)cc1. The van der Waals surface area contributed by atoms with E-state index in [4.69, 9.17) is 24.9 Å². The molecule has 0 amide bonds. The quantitative estimate of drug-likeness (QED) is 0.169. The summed E-state index contributed by atoms with van der Waals surface area (Å²) in [6.07, 6.45) is 0. The standard InChI is InChI=1S/C47H31N5/c1-4-15-34(16-5-1)42-31-43(49-46(48-42)39-29-24-32-14-10-11-21-38(32)30-39)35-27-25-33(26-28-35)40-22-12-13-23-41(40)47-51-44(36-17-6-2-7-18-36)50-45(52-47)37-19-8-3-9-20-37/h1-31H. The van der Waals surface area contributed by atoms with Crippen LogP contribution in [0.25, 0.3) is 90.0 Å². The van der Waals surface area contributed by atoms with Crippen molar-refractivity contribution in [2.45, 2.75) is 0 Å². The number of aromatic nitrogens is 5. The van der Waals surface area contributed by atoms with E-state index in [-0.39, 0.29) is 0 Å². The summed E-state index contributed by atoms with van der Waals surface area (Å²) in [5.74, 6) is 2.58. The van der Waals surface area contributed by atoms with E-state index in [1.54, 1.807) is 0 Å².